The van der Waals surface area contributed by atoms with Crippen LogP contribution in [-0.2, 0) is 0 Å². The molecule has 1 aliphatic rings. The summed E-state index contributed by atoms with van der Waals surface area (Å²) in [6.45, 7) is 2.57. The Kier molecular flexibility index (Phi) is 4.81. The number of likely N-dealkylation sites (N-methyl/N-ethyl adjacent to an activating group) is 1. The van der Waals surface area contributed by atoms with Crippen LogP contribution in [0.3, 0.4) is 0 Å². The first-order valence-corrected chi connectivity index (χ1v) is 6.86. The van der Waals surface area contributed by atoms with Gasteiger partial charge in [0.25, 0.3) is 11.6 Å². The van der Waals surface area contributed by atoms with Gasteiger partial charge in [-0.25, -0.2) is 0 Å². The zero-order chi connectivity index (χ0) is 16.3. The fourth-order valence-corrected chi connectivity index (χ4v) is 2.37. The molecule has 1 fully saturated rings. The number of carbonyl (C=O) groups is 1. The summed E-state index contributed by atoms with van der Waals surface area (Å²) in [4.78, 5) is 27.0. The quantitative estimate of drug-likeness (QED) is 0.609. The number of hydrogen-bond acceptors (Lipinski definition) is 6. The zero-order valence-electron chi connectivity index (χ0n) is 12.9. The summed E-state index contributed by atoms with van der Waals surface area (Å²) in [6.07, 6.45) is 0. The summed E-state index contributed by atoms with van der Waals surface area (Å²) in [5, 5.41) is 11.3. The van der Waals surface area contributed by atoms with Crippen molar-refractivity contribution in [2.45, 2.75) is 0 Å². The third kappa shape index (κ3) is 3.11. The largest absolute Gasteiger partial charge is 0.493 e. The SMILES string of the molecule is COc1cc(C(=O)N2CCN(C)CC2)c([N+](=O)[O-])cc1OC. The maximum absolute atomic E-state index is 12.6. The van der Waals surface area contributed by atoms with Crippen molar-refractivity contribution in [1.82, 2.24) is 9.80 Å². The monoisotopic (exact) mass is 309 g/mol. The van der Waals surface area contributed by atoms with E-state index < -0.39 is 4.92 Å². The highest BCUT2D eigenvalue weighted by molar-refractivity contribution is 5.99. The lowest BCUT2D eigenvalue weighted by Gasteiger charge is -2.32. The Morgan fingerprint density at radius 1 is 1.14 bits per heavy atom. The molecule has 0 aliphatic carbocycles. The fraction of sp³-hybridized carbons (Fsp3) is 0.500. The summed E-state index contributed by atoms with van der Waals surface area (Å²) in [5.41, 5.74) is -0.256. The molecule has 0 radical (unpaired) electrons. The van der Waals surface area contributed by atoms with Crippen LogP contribution in [0.5, 0.6) is 11.5 Å². The number of hydrogen-bond donors (Lipinski definition) is 0. The lowest BCUT2D eigenvalue weighted by molar-refractivity contribution is -0.385. The Balaban J connectivity index is 2.39. The van der Waals surface area contributed by atoms with E-state index in [1.54, 1.807) is 4.90 Å². The molecule has 1 amide bonds. The van der Waals surface area contributed by atoms with Gasteiger partial charge >= 0.3 is 0 Å². The fourth-order valence-electron chi connectivity index (χ4n) is 2.37. The molecule has 0 saturated carbocycles. The van der Waals surface area contributed by atoms with Crippen LogP contribution in [0.15, 0.2) is 12.1 Å². The molecule has 120 valence electrons. The van der Waals surface area contributed by atoms with Gasteiger partial charge in [0.15, 0.2) is 11.5 Å². The molecule has 0 aromatic heterocycles. The van der Waals surface area contributed by atoms with Crippen LogP contribution in [0.1, 0.15) is 10.4 Å². The molecule has 0 unspecified atom stereocenters. The number of nitro groups is 1. The topological polar surface area (TPSA) is 85.2 Å². The molecule has 1 heterocycles. The number of carbonyl (C=O) groups excluding carboxylic acids is 1. The smallest absolute Gasteiger partial charge is 0.286 e. The first-order valence-electron chi connectivity index (χ1n) is 6.86. The highest BCUT2D eigenvalue weighted by atomic mass is 16.6. The van der Waals surface area contributed by atoms with Gasteiger partial charge in [-0.2, -0.15) is 0 Å². The number of nitro benzene ring substituents is 1. The van der Waals surface area contributed by atoms with E-state index in [2.05, 4.69) is 4.90 Å². The summed E-state index contributed by atoms with van der Waals surface area (Å²) >= 11 is 0. The van der Waals surface area contributed by atoms with Gasteiger partial charge in [-0.1, -0.05) is 0 Å². The minimum absolute atomic E-state index is 0.0206. The summed E-state index contributed by atoms with van der Waals surface area (Å²) in [6, 6.07) is 2.60. The van der Waals surface area contributed by atoms with E-state index in [1.807, 2.05) is 7.05 Å². The first kappa shape index (κ1) is 16.0. The molecule has 0 bridgehead atoms. The van der Waals surface area contributed by atoms with Crippen molar-refractivity contribution in [3.8, 4) is 11.5 Å². The third-order valence-corrected chi connectivity index (χ3v) is 3.72. The van der Waals surface area contributed by atoms with E-state index in [0.717, 1.165) is 13.1 Å². The van der Waals surface area contributed by atoms with Crippen LogP contribution < -0.4 is 9.47 Å². The van der Waals surface area contributed by atoms with E-state index in [4.69, 9.17) is 9.47 Å². The zero-order valence-corrected chi connectivity index (χ0v) is 12.9. The van der Waals surface area contributed by atoms with Crippen LogP contribution in [0, 0.1) is 10.1 Å². The van der Waals surface area contributed by atoms with Crippen molar-refractivity contribution >= 4 is 11.6 Å². The number of rotatable bonds is 4. The molecular formula is C14H19N3O5. The van der Waals surface area contributed by atoms with E-state index in [0.29, 0.717) is 18.8 Å². The molecule has 22 heavy (non-hydrogen) atoms. The predicted molar refractivity (Wildman–Crippen MR) is 79.6 cm³/mol. The highest BCUT2D eigenvalue weighted by Crippen LogP contribution is 2.35. The van der Waals surface area contributed by atoms with Gasteiger partial charge in [-0.05, 0) is 7.05 Å². The van der Waals surface area contributed by atoms with Crippen molar-refractivity contribution in [3.05, 3.63) is 27.8 Å². The van der Waals surface area contributed by atoms with Gasteiger partial charge in [0.2, 0.25) is 0 Å². The van der Waals surface area contributed by atoms with Crippen LogP contribution in [-0.4, -0.2) is 68.1 Å². The third-order valence-electron chi connectivity index (χ3n) is 3.72. The van der Waals surface area contributed by atoms with E-state index in [-0.39, 0.29) is 22.9 Å². The Morgan fingerprint density at radius 2 is 1.68 bits per heavy atom. The maximum atomic E-state index is 12.6. The number of methoxy groups -OCH3 is 2. The second kappa shape index (κ2) is 6.61. The molecule has 0 N–H and O–H groups in total. The van der Waals surface area contributed by atoms with Crippen LogP contribution in [0.2, 0.25) is 0 Å². The predicted octanol–water partition coefficient (Wildman–Crippen LogP) is 1.000. The van der Waals surface area contributed by atoms with Gasteiger partial charge in [-0.3, -0.25) is 14.9 Å². The second-order valence-electron chi connectivity index (χ2n) is 5.08. The number of benzene rings is 1. The van der Waals surface area contributed by atoms with Gasteiger partial charge in [0.1, 0.15) is 5.56 Å². The van der Waals surface area contributed by atoms with Gasteiger partial charge in [-0.15, -0.1) is 0 Å². The molecule has 1 aromatic carbocycles. The normalized spacial score (nSPS) is 15.5. The minimum atomic E-state index is -0.578. The van der Waals surface area contributed by atoms with Crippen molar-refractivity contribution in [1.29, 1.82) is 0 Å². The average Bonchev–Trinajstić information content (AvgIpc) is 2.53. The molecule has 0 spiro atoms. The van der Waals surface area contributed by atoms with E-state index in [1.165, 1.54) is 26.4 Å². The Hall–Kier alpha value is -2.35. The standard InChI is InChI=1S/C14H19N3O5/c1-15-4-6-16(7-5-15)14(18)10-8-12(21-2)13(22-3)9-11(10)17(19)20/h8-9H,4-7H2,1-3H3. The molecule has 0 atom stereocenters. The van der Waals surface area contributed by atoms with Crippen LogP contribution in [0.4, 0.5) is 5.69 Å². The molecule has 8 nitrogen and oxygen atoms in total. The number of nitrogens with zero attached hydrogens (tertiary/aromatic N) is 3. The highest BCUT2D eigenvalue weighted by Gasteiger charge is 2.29. The Labute approximate surface area is 128 Å². The average molecular weight is 309 g/mol. The summed E-state index contributed by atoms with van der Waals surface area (Å²) in [7, 11) is 4.79. The first-order chi connectivity index (χ1) is 10.5. The minimum Gasteiger partial charge on any atom is -0.493 e. The molecule has 1 aromatic rings. The summed E-state index contributed by atoms with van der Waals surface area (Å²) in [5.74, 6) is 0.162. The number of amides is 1. The molecule has 2 rings (SSSR count). The lowest BCUT2D eigenvalue weighted by Crippen LogP contribution is -2.47. The van der Waals surface area contributed by atoms with Crippen LogP contribution in [0.25, 0.3) is 0 Å². The van der Waals surface area contributed by atoms with Gasteiger partial charge in [0, 0.05) is 32.2 Å². The van der Waals surface area contributed by atoms with Crippen molar-refractivity contribution in [2.24, 2.45) is 0 Å². The maximum Gasteiger partial charge on any atom is 0.286 e. The van der Waals surface area contributed by atoms with Crippen molar-refractivity contribution in [3.63, 3.8) is 0 Å². The Bertz CT molecular complexity index is 582. The van der Waals surface area contributed by atoms with Crippen molar-refractivity contribution in [2.75, 3.05) is 47.4 Å². The van der Waals surface area contributed by atoms with Crippen molar-refractivity contribution < 1.29 is 19.2 Å². The van der Waals surface area contributed by atoms with Gasteiger partial charge < -0.3 is 19.3 Å². The lowest BCUT2D eigenvalue weighted by atomic mass is 10.1. The molecular weight excluding hydrogens is 290 g/mol. The van der Waals surface area contributed by atoms with E-state index >= 15 is 0 Å². The molecule has 1 aliphatic heterocycles. The van der Waals surface area contributed by atoms with Gasteiger partial charge in [0.05, 0.1) is 25.2 Å². The summed E-state index contributed by atoms with van der Waals surface area (Å²) < 4.78 is 10.2. The second-order valence-corrected chi connectivity index (χ2v) is 5.08. The molecule has 1 saturated heterocycles. The number of ether oxygens (including phenoxy) is 2. The van der Waals surface area contributed by atoms with Crippen LogP contribution >= 0.6 is 0 Å². The Morgan fingerprint density at radius 3 is 2.18 bits per heavy atom. The number of piperazine rings is 1. The molecule has 8 heteroatoms. The van der Waals surface area contributed by atoms with E-state index in [9.17, 15) is 14.9 Å².